The third kappa shape index (κ3) is 3.16. The Morgan fingerprint density at radius 3 is 2.40 bits per heavy atom. The minimum absolute atomic E-state index is 0.0960. The Bertz CT molecular complexity index is 870. The highest BCUT2D eigenvalue weighted by atomic mass is 32.2. The number of nitrogens with zero attached hydrogens (tertiary/aromatic N) is 2. The fourth-order valence-corrected chi connectivity index (χ4v) is 4.79. The van der Waals surface area contributed by atoms with E-state index in [1.807, 2.05) is 0 Å². The van der Waals surface area contributed by atoms with Gasteiger partial charge in [-0.3, -0.25) is 4.31 Å². The van der Waals surface area contributed by atoms with Crippen molar-refractivity contribution in [3.63, 3.8) is 0 Å². The number of para-hydroxylation sites is 2. The molecular formula is C18H21FN2O3S. The molecule has 1 heterocycles. The van der Waals surface area contributed by atoms with Crippen LogP contribution in [0.15, 0.2) is 42.5 Å². The van der Waals surface area contributed by atoms with E-state index in [4.69, 9.17) is 0 Å². The van der Waals surface area contributed by atoms with Gasteiger partial charge in [-0.15, -0.1) is 0 Å². The van der Waals surface area contributed by atoms with Crippen LogP contribution in [0.1, 0.15) is 32.6 Å². The molecule has 2 aromatic rings. The van der Waals surface area contributed by atoms with E-state index >= 15 is 0 Å². The van der Waals surface area contributed by atoms with Crippen molar-refractivity contribution in [2.24, 2.45) is 0 Å². The molecule has 0 amide bonds. The quantitative estimate of drug-likeness (QED) is 0.777. The number of anilines is 3. The number of fused-ring (bicyclic) bond motifs is 1. The van der Waals surface area contributed by atoms with Gasteiger partial charge in [-0.1, -0.05) is 38.3 Å². The maximum Gasteiger partial charge on any atom is 0.331 e. The number of hydrogen-bond donors (Lipinski definition) is 1. The number of unbranched alkanes of at least 4 members (excludes halogenated alkanes) is 3. The molecular weight excluding hydrogens is 343 g/mol. The molecule has 0 atom stereocenters. The zero-order chi connectivity index (χ0) is 18.0. The third-order valence-electron chi connectivity index (χ3n) is 4.24. The highest BCUT2D eigenvalue weighted by Crippen LogP contribution is 2.46. The summed E-state index contributed by atoms with van der Waals surface area (Å²) in [6, 6.07) is 10.3. The van der Waals surface area contributed by atoms with Crippen LogP contribution in [0, 0.1) is 5.82 Å². The minimum Gasteiger partial charge on any atom is -0.508 e. The van der Waals surface area contributed by atoms with Crippen molar-refractivity contribution in [3.05, 3.63) is 48.3 Å². The SMILES string of the molecule is CCCCCCN1c2ccccc2N(c2ccc(O)cc2F)S1(=O)=O. The van der Waals surface area contributed by atoms with E-state index in [0.717, 1.165) is 36.1 Å². The first kappa shape index (κ1) is 17.5. The average molecular weight is 364 g/mol. The van der Waals surface area contributed by atoms with Gasteiger partial charge in [0.05, 0.1) is 17.1 Å². The molecule has 1 N–H and O–H groups in total. The first-order chi connectivity index (χ1) is 12.0. The van der Waals surface area contributed by atoms with Crippen molar-refractivity contribution < 1.29 is 17.9 Å². The van der Waals surface area contributed by atoms with Crippen molar-refractivity contribution in [1.29, 1.82) is 0 Å². The Balaban J connectivity index is 2.02. The summed E-state index contributed by atoms with van der Waals surface area (Å²) in [5, 5.41) is 9.41. The first-order valence-electron chi connectivity index (χ1n) is 8.37. The van der Waals surface area contributed by atoms with Crippen LogP contribution < -0.4 is 8.61 Å². The topological polar surface area (TPSA) is 60.9 Å². The summed E-state index contributed by atoms with van der Waals surface area (Å²) in [5.74, 6) is -1.03. The predicted octanol–water partition coefficient (Wildman–Crippen LogP) is 4.31. The second-order valence-corrected chi connectivity index (χ2v) is 7.73. The van der Waals surface area contributed by atoms with Crippen LogP contribution in [-0.4, -0.2) is 20.1 Å². The van der Waals surface area contributed by atoms with Gasteiger partial charge in [-0.2, -0.15) is 8.42 Å². The van der Waals surface area contributed by atoms with Crippen LogP contribution in [0.3, 0.4) is 0 Å². The number of rotatable bonds is 6. The first-order valence-corrected chi connectivity index (χ1v) is 9.77. The van der Waals surface area contributed by atoms with E-state index in [1.165, 1.54) is 16.4 Å². The molecule has 1 aliphatic rings. The van der Waals surface area contributed by atoms with Gasteiger partial charge >= 0.3 is 10.2 Å². The molecule has 0 aliphatic carbocycles. The molecule has 5 nitrogen and oxygen atoms in total. The molecule has 2 aromatic carbocycles. The highest BCUT2D eigenvalue weighted by molar-refractivity contribution is 7.95. The average Bonchev–Trinajstić information content (AvgIpc) is 2.79. The number of halogens is 1. The Morgan fingerprint density at radius 2 is 1.72 bits per heavy atom. The number of hydrogen-bond acceptors (Lipinski definition) is 3. The molecule has 0 saturated carbocycles. The fraction of sp³-hybridized carbons (Fsp3) is 0.333. The summed E-state index contributed by atoms with van der Waals surface area (Å²) >= 11 is 0. The lowest BCUT2D eigenvalue weighted by Crippen LogP contribution is -2.36. The van der Waals surface area contributed by atoms with Gasteiger partial charge in [0.1, 0.15) is 5.75 Å². The minimum atomic E-state index is -3.92. The van der Waals surface area contributed by atoms with E-state index in [0.29, 0.717) is 17.9 Å². The number of phenolic OH excluding ortho intramolecular Hbond substituents is 1. The standard InChI is InChI=1S/C18H21FN2O3S/c1-2-3-4-7-12-20-17-8-5-6-9-18(17)21(25(20,23)24)16-11-10-14(22)13-15(16)19/h5-6,8-11,13,22H,2-4,7,12H2,1H3. The maximum atomic E-state index is 14.3. The van der Waals surface area contributed by atoms with Crippen LogP contribution in [0.5, 0.6) is 5.75 Å². The van der Waals surface area contributed by atoms with Crippen molar-refractivity contribution in [1.82, 2.24) is 0 Å². The van der Waals surface area contributed by atoms with Gasteiger partial charge in [0.25, 0.3) is 0 Å². The zero-order valence-corrected chi connectivity index (χ0v) is 14.8. The molecule has 0 spiro atoms. The molecule has 7 heteroatoms. The second-order valence-electron chi connectivity index (χ2n) is 6.03. The Kier molecular flexibility index (Phi) is 4.85. The lowest BCUT2D eigenvalue weighted by molar-refractivity contribution is 0.469. The maximum absolute atomic E-state index is 14.3. The van der Waals surface area contributed by atoms with Crippen LogP contribution in [0.25, 0.3) is 0 Å². The molecule has 0 radical (unpaired) electrons. The third-order valence-corrected chi connectivity index (χ3v) is 6.03. The molecule has 0 fully saturated rings. The molecule has 1 aliphatic heterocycles. The van der Waals surface area contributed by atoms with Crippen LogP contribution in [0.2, 0.25) is 0 Å². The van der Waals surface area contributed by atoms with Gasteiger partial charge in [-0.25, -0.2) is 8.70 Å². The lowest BCUT2D eigenvalue weighted by Gasteiger charge is -2.22. The van der Waals surface area contributed by atoms with Gasteiger partial charge in [0.15, 0.2) is 5.82 Å². The van der Waals surface area contributed by atoms with E-state index in [2.05, 4.69) is 6.92 Å². The Morgan fingerprint density at radius 1 is 1.00 bits per heavy atom. The lowest BCUT2D eigenvalue weighted by atomic mass is 10.2. The van der Waals surface area contributed by atoms with Crippen molar-refractivity contribution in [3.8, 4) is 5.75 Å². The van der Waals surface area contributed by atoms with Crippen LogP contribution in [0.4, 0.5) is 21.5 Å². The zero-order valence-electron chi connectivity index (χ0n) is 14.0. The molecule has 0 aromatic heterocycles. The van der Waals surface area contributed by atoms with Crippen molar-refractivity contribution in [2.75, 3.05) is 15.2 Å². The molecule has 0 saturated heterocycles. The van der Waals surface area contributed by atoms with Crippen LogP contribution >= 0.6 is 0 Å². The summed E-state index contributed by atoms with van der Waals surface area (Å²) in [4.78, 5) is 0. The van der Waals surface area contributed by atoms with Gasteiger partial charge in [0, 0.05) is 12.6 Å². The summed E-state index contributed by atoms with van der Waals surface area (Å²) < 4.78 is 42.8. The monoisotopic (exact) mass is 364 g/mol. The molecule has 25 heavy (non-hydrogen) atoms. The van der Waals surface area contributed by atoms with Gasteiger partial charge in [-0.05, 0) is 30.7 Å². The van der Waals surface area contributed by atoms with E-state index in [-0.39, 0.29) is 11.4 Å². The highest BCUT2D eigenvalue weighted by Gasteiger charge is 2.41. The fourth-order valence-electron chi connectivity index (χ4n) is 3.03. The summed E-state index contributed by atoms with van der Waals surface area (Å²) in [6.07, 6.45) is 3.80. The molecule has 3 rings (SSSR count). The Hall–Kier alpha value is -2.28. The summed E-state index contributed by atoms with van der Waals surface area (Å²) in [7, 11) is -3.92. The second kappa shape index (κ2) is 6.92. The largest absolute Gasteiger partial charge is 0.508 e. The van der Waals surface area contributed by atoms with E-state index < -0.39 is 16.0 Å². The molecule has 0 unspecified atom stereocenters. The molecule has 134 valence electrons. The smallest absolute Gasteiger partial charge is 0.331 e. The van der Waals surface area contributed by atoms with Gasteiger partial charge < -0.3 is 5.11 Å². The number of aromatic hydroxyl groups is 1. The Labute approximate surface area is 147 Å². The van der Waals surface area contributed by atoms with Crippen molar-refractivity contribution >= 4 is 27.3 Å². The summed E-state index contributed by atoms with van der Waals surface area (Å²) in [6.45, 7) is 2.45. The van der Waals surface area contributed by atoms with Gasteiger partial charge in [0.2, 0.25) is 0 Å². The van der Waals surface area contributed by atoms with E-state index in [1.54, 1.807) is 24.3 Å². The number of phenols is 1. The summed E-state index contributed by atoms with van der Waals surface area (Å²) in [5.41, 5.74) is 0.871. The predicted molar refractivity (Wildman–Crippen MR) is 97.1 cm³/mol. The van der Waals surface area contributed by atoms with Crippen LogP contribution in [-0.2, 0) is 10.2 Å². The normalized spacial score (nSPS) is 15.4. The number of benzene rings is 2. The van der Waals surface area contributed by atoms with E-state index in [9.17, 15) is 17.9 Å². The van der Waals surface area contributed by atoms with Crippen molar-refractivity contribution in [2.45, 2.75) is 32.6 Å². The molecule has 0 bridgehead atoms.